The van der Waals surface area contributed by atoms with E-state index in [9.17, 15) is 4.79 Å². The van der Waals surface area contributed by atoms with Crippen LogP contribution in [0, 0.1) is 6.92 Å². The molecule has 1 aliphatic rings. The number of anilines is 2. The molecule has 0 saturated carbocycles. The van der Waals surface area contributed by atoms with Crippen LogP contribution in [0.1, 0.15) is 31.7 Å². The van der Waals surface area contributed by atoms with Crippen LogP contribution < -0.4 is 10.6 Å². The molecule has 0 radical (unpaired) electrons. The van der Waals surface area contributed by atoms with Crippen LogP contribution in [0.5, 0.6) is 0 Å². The highest BCUT2D eigenvalue weighted by molar-refractivity contribution is 5.86. The van der Waals surface area contributed by atoms with E-state index in [1.807, 2.05) is 27.8 Å². The van der Waals surface area contributed by atoms with Gasteiger partial charge in [-0.3, -0.25) is 4.79 Å². The minimum Gasteiger partial charge on any atom is -0.370 e. The van der Waals surface area contributed by atoms with E-state index in [4.69, 9.17) is 0 Å². The molecule has 1 unspecified atom stereocenters. The first kappa shape index (κ1) is 14.6. The fourth-order valence-corrected chi connectivity index (χ4v) is 2.32. The van der Waals surface area contributed by atoms with E-state index in [2.05, 4.69) is 20.6 Å². The Morgan fingerprint density at radius 3 is 2.55 bits per heavy atom. The topological polar surface area (TPSA) is 70.2 Å². The summed E-state index contributed by atoms with van der Waals surface area (Å²) in [7, 11) is 1.83. The third-order valence-electron chi connectivity index (χ3n) is 3.59. The van der Waals surface area contributed by atoms with Crippen molar-refractivity contribution < 1.29 is 4.79 Å². The molecule has 2 N–H and O–H groups in total. The van der Waals surface area contributed by atoms with Gasteiger partial charge in [0.25, 0.3) is 0 Å². The first-order chi connectivity index (χ1) is 9.56. The number of carbonyl (C=O) groups excluding carboxylic acids is 1. The fourth-order valence-electron chi connectivity index (χ4n) is 2.32. The molecule has 1 aliphatic heterocycles. The zero-order valence-corrected chi connectivity index (χ0v) is 12.7. The first-order valence-electron chi connectivity index (χ1n) is 7.19. The van der Waals surface area contributed by atoms with Crippen LogP contribution in [0.2, 0.25) is 0 Å². The van der Waals surface area contributed by atoms with E-state index < -0.39 is 0 Å². The molecule has 0 bridgehead atoms. The number of aromatic nitrogens is 2. The molecule has 0 aliphatic carbocycles. The SMILES string of the molecule is CCNc1nc(CC)nc(NC2CCN(C)C2=O)c1C. The molecule has 0 spiro atoms. The number of likely N-dealkylation sites (N-methyl/N-ethyl adjacent to an activating group) is 1. The molecule has 20 heavy (non-hydrogen) atoms. The predicted octanol–water partition coefficient (Wildman–Crippen LogP) is 1.42. The third kappa shape index (κ3) is 2.84. The molecule has 1 amide bonds. The van der Waals surface area contributed by atoms with Crippen molar-refractivity contribution in [1.29, 1.82) is 0 Å². The smallest absolute Gasteiger partial charge is 0.244 e. The summed E-state index contributed by atoms with van der Waals surface area (Å²) in [6.07, 6.45) is 1.59. The maximum Gasteiger partial charge on any atom is 0.244 e. The number of hydrogen-bond donors (Lipinski definition) is 2. The van der Waals surface area contributed by atoms with E-state index in [-0.39, 0.29) is 11.9 Å². The van der Waals surface area contributed by atoms with Crippen molar-refractivity contribution >= 4 is 17.5 Å². The van der Waals surface area contributed by atoms with Gasteiger partial charge in [-0.2, -0.15) is 0 Å². The lowest BCUT2D eigenvalue weighted by Crippen LogP contribution is -2.31. The molecule has 2 rings (SSSR count). The highest BCUT2D eigenvalue weighted by Crippen LogP contribution is 2.23. The maximum atomic E-state index is 12.0. The lowest BCUT2D eigenvalue weighted by Gasteiger charge is -2.17. The Morgan fingerprint density at radius 1 is 1.30 bits per heavy atom. The largest absolute Gasteiger partial charge is 0.370 e. The van der Waals surface area contributed by atoms with E-state index in [1.165, 1.54) is 0 Å². The standard InChI is InChI=1S/C14H23N5O/c1-5-11-17-12(15-6-2)9(3)13(18-11)16-10-7-8-19(4)14(10)20/h10H,5-8H2,1-4H3,(H2,15,16,17,18). The monoisotopic (exact) mass is 277 g/mol. The third-order valence-corrected chi connectivity index (χ3v) is 3.59. The van der Waals surface area contributed by atoms with Crippen molar-refractivity contribution in [3.8, 4) is 0 Å². The summed E-state index contributed by atoms with van der Waals surface area (Å²) in [5.74, 6) is 2.53. The van der Waals surface area contributed by atoms with Crippen LogP contribution in [0.25, 0.3) is 0 Å². The van der Waals surface area contributed by atoms with Crippen molar-refractivity contribution in [2.75, 3.05) is 30.8 Å². The second kappa shape index (κ2) is 6.07. The zero-order valence-electron chi connectivity index (χ0n) is 12.7. The van der Waals surface area contributed by atoms with Crippen molar-refractivity contribution in [1.82, 2.24) is 14.9 Å². The number of aryl methyl sites for hydroxylation is 1. The van der Waals surface area contributed by atoms with Gasteiger partial charge in [0.15, 0.2) is 0 Å². The summed E-state index contributed by atoms with van der Waals surface area (Å²) in [4.78, 5) is 22.8. The van der Waals surface area contributed by atoms with Crippen LogP contribution >= 0.6 is 0 Å². The van der Waals surface area contributed by atoms with Crippen LogP contribution in [-0.2, 0) is 11.2 Å². The predicted molar refractivity (Wildman–Crippen MR) is 80.0 cm³/mol. The van der Waals surface area contributed by atoms with Crippen molar-refractivity contribution in [2.24, 2.45) is 0 Å². The van der Waals surface area contributed by atoms with E-state index in [1.54, 1.807) is 4.90 Å². The van der Waals surface area contributed by atoms with Gasteiger partial charge in [-0.25, -0.2) is 9.97 Å². The van der Waals surface area contributed by atoms with Gasteiger partial charge in [0, 0.05) is 32.1 Å². The average Bonchev–Trinajstić information content (AvgIpc) is 2.75. The van der Waals surface area contributed by atoms with Crippen LogP contribution in [0.15, 0.2) is 0 Å². The molecule has 2 heterocycles. The lowest BCUT2D eigenvalue weighted by atomic mass is 10.2. The van der Waals surface area contributed by atoms with Gasteiger partial charge < -0.3 is 15.5 Å². The van der Waals surface area contributed by atoms with Gasteiger partial charge in [0.2, 0.25) is 5.91 Å². The average molecular weight is 277 g/mol. The number of hydrogen-bond acceptors (Lipinski definition) is 5. The van der Waals surface area contributed by atoms with E-state index in [0.717, 1.165) is 49.0 Å². The molecule has 1 fully saturated rings. The normalized spacial score (nSPS) is 18.5. The van der Waals surface area contributed by atoms with E-state index in [0.29, 0.717) is 0 Å². The van der Waals surface area contributed by atoms with Gasteiger partial charge in [-0.1, -0.05) is 6.92 Å². The van der Waals surface area contributed by atoms with Crippen LogP contribution in [-0.4, -0.2) is 47.0 Å². The molecule has 1 saturated heterocycles. The highest BCUT2D eigenvalue weighted by Gasteiger charge is 2.29. The van der Waals surface area contributed by atoms with Gasteiger partial charge >= 0.3 is 0 Å². The molecule has 0 aromatic carbocycles. The summed E-state index contributed by atoms with van der Waals surface area (Å²) in [5.41, 5.74) is 0.964. The van der Waals surface area contributed by atoms with Crippen molar-refractivity contribution in [3.63, 3.8) is 0 Å². The van der Waals surface area contributed by atoms with Crippen LogP contribution in [0.4, 0.5) is 11.6 Å². The van der Waals surface area contributed by atoms with E-state index >= 15 is 0 Å². The molecule has 1 aromatic heterocycles. The Hall–Kier alpha value is -1.85. The second-order valence-corrected chi connectivity index (χ2v) is 5.09. The maximum absolute atomic E-state index is 12.0. The molecular formula is C14H23N5O. The summed E-state index contributed by atoms with van der Waals surface area (Å²) in [6, 6.07) is -0.173. The second-order valence-electron chi connectivity index (χ2n) is 5.09. The lowest BCUT2D eigenvalue weighted by molar-refractivity contribution is -0.127. The molecule has 1 aromatic rings. The summed E-state index contributed by atoms with van der Waals surface area (Å²) in [6.45, 7) is 7.64. The van der Waals surface area contributed by atoms with Gasteiger partial charge in [0.1, 0.15) is 23.5 Å². The molecule has 110 valence electrons. The molecular weight excluding hydrogens is 254 g/mol. The fraction of sp³-hybridized carbons (Fsp3) is 0.643. The minimum absolute atomic E-state index is 0.131. The molecule has 6 heteroatoms. The number of rotatable bonds is 5. The number of nitrogens with one attached hydrogen (secondary N) is 2. The van der Waals surface area contributed by atoms with Gasteiger partial charge in [-0.15, -0.1) is 0 Å². The zero-order chi connectivity index (χ0) is 14.7. The number of nitrogens with zero attached hydrogens (tertiary/aromatic N) is 3. The number of carbonyl (C=O) groups is 1. The van der Waals surface area contributed by atoms with Crippen molar-refractivity contribution in [2.45, 2.75) is 39.7 Å². The first-order valence-corrected chi connectivity index (χ1v) is 7.19. The molecule has 1 atom stereocenters. The summed E-state index contributed by atoms with van der Waals surface area (Å²) < 4.78 is 0. The number of likely N-dealkylation sites (tertiary alicyclic amines) is 1. The van der Waals surface area contributed by atoms with Gasteiger partial charge in [-0.05, 0) is 20.3 Å². The summed E-state index contributed by atoms with van der Waals surface area (Å²) in [5, 5.41) is 6.53. The Morgan fingerprint density at radius 2 is 2.00 bits per heavy atom. The number of amides is 1. The Kier molecular flexibility index (Phi) is 4.42. The Balaban J connectivity index is 2.26. The Labute approximate surface area is 120 Å². The van der Waals surface area contributed by atoms with Crippen LogP contribution in [0.3, 0.4) is 0 Å². The minimum atomic E-state index is -0.173. The Bertz CT molecular complexity index is 503. The van der Waals surface area contributed by atoms with Crippen molar-refractivity contribution in [3.05, 3.63) is 11.4 Å². The van der Waals surface area contributed by atoms with Gasteiger partial charge in [0.05, 0.1) is 0 Å². The highest BCUT2D eigenvalue weighted by atomic mass is 16.2. The quantitative estimate of drug-likeness (QED) is 0.852. The molecule has 6 nitrogen and oxygen atoms in total. The summed E-state index contributed by atoms with van der Waals surface area (Å²) >= 11 is 0.